The number of ether oxygens (including phenoxy) is 1. The fourth-order valence-electron chi connectivity index (χ4n) is 3.40. The molecular formula is C19H31NO. The molecule has 0 bridgehead atoms. The summed E-state index contributed by atoms with van der Waals surface area (Å²) in [6, 6.07) is 7.54. The van der Waals surface area contributed by atoms with Gasteiger partial charge in [-0.15, -0.1) is 0 Å². The molecule has 2 unspecified atom stereocenters. The zero-order valence-corrected chi connectivity index (χ0v) is 14.0. The van der Waals surface area contributed by atoms with Gasteiger partial charge in [-0.05, 0) is 55.3 Å². The predicted octanol–water partition coefficient (Wildman–Crippen LogP) is 4.28. The van der Waals surface area contributed by atoms with Crippen LogP contribution in [-0.4, -0.2) is 19.8 Å². The lowest BCUT2D eigenvalue weighted by Gasteiger charge is -2.32. The molecule has 2 nitrogen and oxygen atoms in total. The van der Waals surface area contributed by atoms with Crippen LogP contribution < -0.4 is 5.32 Å². The highest BCUT2D eigenvalue weighted by Gasteiger charge is 2.25. The monoisotopic (exact) mass is 289 g/mol. The van der Waals surface area contributed by atoms with Gasteiger partial charge >= 0.3 is 0 Å². The number of nitrogens with one attached hydrogen (secondary N) is 1. The summed E-state index contributed by atoms with van der Waals surface area (Å²) in [5.74, 6) is 0.613. The quantitative estimate of drug-likeness (QED) is 0.809. The molecule has 2 atom stereocenters. The molecule has 1 aromatic carbocycles. The zero-order valence-electron chi connectivity index (χ0n) is 14.0. The van der Waals surface area contributed by atoms with Crippen LogP contribution >= 0.6 is 0 Å². The first-order valence-electron chi connectivity index (χ1n) is 8.72. The first-order chi connectivity index (χ1) is 10.3. The Kier molecular flexibility index (Phi) is 6.72. The molecule has 1 aromatic rings. The van der Waals surface area contributed by atoms with Crippen molar-refractivity contribution in [3.05, 3.63) is 34.9 Å². The molecule has 21 heavy (non-hydrogen) atoms. The van der Waals surface area contributed by atoms with Crippen LogP contribution in [-0.2, 0) is 17.6 Å². The number of aryl methyl sites for hydroxylation is 2. The lowest BCUT2D eigenvalue weighted by Crippen LogP contribution is -2.34. The van der Waals surface area contributed by atoms with E-state index in [0.29, 0.717) is 12.0 Å². The van der Waals surface area contributed by atoms with E-state index in [1.165, 1.54) is 36.0 Å². The van der Waals surface area contributed by atoms with Crippen molar-refractivity contribution >= 4 is 0 Å². The number of hydrogen-bond donors (Lipinski definition) is 1. The maximum Gasteiger partial charge on any atom is 0.0512 e. The average molecular weight is 289 g/mol. The fraction of sp³-hybridized carbons (Fsp3) is 0.684. The molecule has 0 aromatic heterocycles. The lowest BCUT2D eigenvalue weighted by molar-refractivity contribution is 0.0390. The molecule has 0 radical (unpaired) electrons. The van der Waals surface area contributed by atoms with Crippen molar-refractivity contribution in [2.24, 2.45) is 5.92 Å². The summed E-state index contributed by atoms with van der Waals surface area (Å²) >= 11 is 0. The molecule has 0 amide bonds. The standard InChI is InChI=1S/C19H31NO/c1-4-11-20-19(18-8-7-12-21-14-18)17-10-9-15(5-2)16(6-3)13-17/h9-10,13,18-20H,4-8,11-12,14H2,1-3H3. The van der Waals surface area contributed by atoms with Crippen molar-refractivity contribution < 1.29 is 4.74 Å². The summed E-state index contributed by atoms with van der Waals surface area (Å²) in [5.41, 5.74) is 4.46. The summed E-state index contributed by atoms with van der Waals surface area (Å²) in [6.07, 6.45) is 5.90. The second-order valence-corrected chi connectivity index (χ2v) is 6.14. The van der Waals surface area contributed by atoms with Crippen LogP contribution in [0.5, 0.6) is 0 Å². The number of hydrogen-bond acceptors (Lipinski definition) is 2. The van der Waals surface area contributed by atoms with E-state index in [4.69, 9.17) is 4.74 Å². The molecule has 1 saturated heterocycles. The highest BCUT2D eigenvalue weighted by Crippen LogP contribution is 2.30. The van der Waals surface area contributed by atoms with E-state index in [9.17, 15) is 0 Å². The van der Waals surface area contributed by atoms with Gasteiger partial charge in [0.05, 0.1) is 6.61 Å². The van der Waals surface area contributed by atoms with Crippen molar-refractivity contribution in [1.82, 2.24) is 5.32 Å². The number of rotatable bonds is 7. The van der Waals surface area contributed by atoms with Crippen molar-refractivity contribution in [3.63, 3.8) is 0 Å². The molecule has 1 heterocycles. The van der Waals surface area contributed by atoms with Crippen LogP contribution in [0.15, 0.2) is 18.2 Å². The second kappa shape index (κ2) is 8.55. The van der Waals surface area contributed by atoms with Gasteiger partial charge in [0, 0.05) is 18.6 Å². The third-order valence-corrected chi connectivity index (χ3v) is 4.63. The van der Waals surface area contributed by atoms with Gasteiger partial charge in [0.2, 0.25) is 0 Å². The lowest BCUT2D eigenvalue weighted by atomic mass is 9.86. The summed E-state index contributed by atoms with van der Waals surface area (Å²) < 4.78 is 5.73. The Morgan fingerprint density at radius 2 is 2.00 bits per heavy atom. The van der Waals surface area contributed by atoms with Gasteiger partial charge in [0.1, 0.15) is 0 Å². The maximum atomic E-state index is 5.73. The van der Waals surface area contributed by atoms with E-state index in [0.717, 1.165) is 32.6 Å². The van der Waals surface area contributed by atoms with Crippen LogP contribution in [0.3, 0.4) is 0 Å². The zero-order chi connectivity index (χ0) is 15.1. The number of benzene rings is 1. The molecule has 1 aliphatic rings. The van der Waals surface area contributed by atoms with E-state index in [1.54, 1.807) is 0 Å². The largest absolute Gasteiger partial charge is 0.381 e. The predicted molar refractivity (Wildman–Crippen MR) is 89.8 cm³/mol. The Hall–Kier alpha value is -0.860. The topological polar surface area (TPSA) is 21.3 Å². The Bertz CT molecular complexity index is 424. The average Bonchev–Trinajstić information content (AvgIpc) is 2.56. The van der Waals surface area contributed by atoms with Crippen molar-refractivity contribution in [2.75, 3.05) is 19.8 Å². The van der Waals surface area contributed by atoms with Gasteiger partial charge in [0.15, 0.2) is 0 Å². The van der Waals surface area contributed by atoms with Crippen LogP contribution in [0.2, 0.25) is 0 Å². The molecule has 0 aliphatic carbocycles. The molecule has 2 heteroatoms. The van der Waals surface area contributed by atoms with Crippen LogP contribution in [0, 0.1) is 5.92 Å². The fourth-order valence-corrected chi connectivity index (χ4v) is 3.40. The van der Waals surface area contributed by atoms with E-state index in [-0.39, 0.29) is 0 Å². The minimum atomic E-state index is 0.446. The third-order valence-electron chi connectivity index (χ3n) is 4.63. The molecule has 0 saturated carbocycles. The van der Waals surface area contributed by atoms with Gasteiger partial charge in [0.25, 0.3) is 0 Å². The normalized spacial score (nSPS) is 20.4. The Balaban J connectivity index is 2.22. The minimum Gasteiger partial charge on any atom is -0.381 e. The van der Waals surface area contributed by atoms with Gasteiger partial charge in [-0.2, -0.15) is 0 Å². The van der Waals surface area contributed by atoms with E-state index in [2.05, 4.69) is 44.3 Å². The molecule has 1 fully saturated rings. The van der Waals surface area contributed by atoms with Crippen molar-refractivity contribution in [1.29, 1.82) is 0 Å². The van der Waals surface area contributed by atoms with Gasteiger partial charge in [-0.25, -0.2) is 0 Å². The molecule has 0 spiro atoms. The Morgan fingerprint density at radius 3 is 2.62 bits per heavy atom. The Labute approximate surface area is 130 Å². The molecule has 118 valence electrons. The van der Waals surface area contributed by atoms with E-state index < -0.39 is 0 Å². The highest BCUT2D eigenvalue weighted by atomic mass is 16.5. The summed E-state index contributed by atoms with van der Waals surface area (Å²) in [4.78, 5) is 0. The maximum absolute atomic E-state index is 5.73. The summed E-state index contributed by atoms with van der Waals surface area (Å²) in [6.45, 7) is 9.66. The molecule has 1 N–H and O–H groups in total. The summed E-state index contributed by atoms with van der Waals surface area (Å²) in [7, 11) is 0. The van der Waals surface area contributed by atoms with Gasteiger partial charge in [-0.1, -0.05) is 39.0 Å². The first-order valence-corrected chi connectivity index (χ1v) is 8.72. The third kappa shape index (κ3) is 4.31. The molecule has 1 aliphatic heterocycles. The highest BCUT2D eigenvalue weighted by molar-refractivity contribution is 5.34. The van der Waals surface area contributed by atoms with Gasteiger partial charge < -0.3 is 10.1 Å². The molecule has 2 rings (SSSR count). The van der Waals surface area contributed by atoms with Crippen molar-refractivity contribution in [2.45, 2.75) is 58.9 Å². The van der Waals surface area contributed by atoms with Crippen LogP contribution in [0.25, 0.3) is 0 Å². The SMILES string of the molecule is CCCNC(c1ccc(CC)c(CC)c1)C1CCCOC1. The van der Waals surface area contributed by atoms with Gasteiger partial charge in [-0.3, -0.25) is 0 Å². The molecular weight excluding hydrogens is 258 g/mol. The van der Waals surface area contributed by atoms with E-state index in [1.807, 2.05) is 0 Å². The van der Waals surface area contributed by atoms with Crippen molar-refractivity contribution in [3.8, 4) is 0 Å². The van der Waals surface area contributed by atoms with Crippen LogP contribution in [0.1, 0.15) is 62.8 Å². The second-order valence-electron chi connectivity index (χ2n) is 6.14. The Morgan fingerprint density at radius 1 is 1.19 bits per heavy atom. The smallest absolute Gasteiger partial charge is 0.0512 e. The summed E-state index contributed by atoms with van der Waals surface area (Å²) in [5, 5.41) is 3.76. The minimum absolute atomic E-state index is 0.446. The van der Waals surface area contributed by atoms with Crippen LogP contribution in [0.4, 0.5) is 0 Å². The van der Waals surface area contributed by atoms with E-state index >= 15 is 0 Å². The first kappa shape index (κ1) is 16.5.